The molecule has 0 aromatic heterocycles. The lowest BCUT2D eigenvalue weighted by Crippen LogP contribution is -2.09. The van der Waals surface area contributed by atoms with Crippen LogP contribution in [0.5, 0.6) is 5.75 Å². The van der Waals surface area contributed by atoms with E-state index in [2.05, 4.69) is 54.2 Å². The predicted octanol–water partition coefficient (Wildman–Crippen LogP) is 4.94. The fourth-order valence-corrected chi connectivity index (χ4v) is 2.97. The van der Waals surface area contributed by atoms with Gasteiger partial charge in [0, 0.05) is 15.7 Å². The average Bonchev–Trinajstić information content (AvgIpc) is 2.34. The molecule has 0 aliphatic heterocycles. The zero-order chi connectivity index (χ0) is 14.0. The van der Waals surface area contributed by atoms with Gasteiger partial charge in [-0.05, 0) is 50.1 Å². The van der Waals surface area contributed by atoms with Crippen LogP contribution in [0.1, 0.15) is 29.7 Å². The molecule has 0 fully saturated rings. The molecule has 0 amide bonds. The molecule has 2 N–H and O–H groups in total. The van der Waals surface area contributed by atoms with Gasteiger partial charge in [0.15, 0.2) is 0 Å². The Labute approximate surface area is 122 Å². The number of hydrogen-bond donors (Lipinski definition) is 2. The van der Waals surface area contributed by atoms with E-state index >= 15 is 0 Å². The Bertz CT molecular complexity index is 572. The molecule has 0 radical (unpaired) electrons. The second-order valence-corrected chi connectivity index (χ2v) is 5.76. The van der Waals surface area contributed by atoms with Crippen LogP contribution in [0.3, 0.4) is 0 Å². The first-order chi connectivity index (χ1) is 8.99. The highest BCUT2D eigenvalue weighted by atomic mass is 79.9. The van der Waals surface area contributed by atoms with Crippen LogP contribution in [0.15, 0.2) is 40.9 Å². The van der Waals surface area contributed by atoms with Crippen molar-refractivity contribution in [3.05, 3.63) is 57.6 Å². The number of nitrogens with one attached hydrogen (secondary N) is 1. The van der Waals surface area contributed by atoms with Crippen molar-refractivity contribution in [2.75, 3.05) is 5.32 Å². The minimum Gasteiger partial charge on any atom is -0.508 e. The van der Waals surface area contributed by atoms with Gasteiger partial charge in [0.05, 0.1) is 6.04 Å². The van der Waals surface area contributed by atoms with Crippen molar-refractivity contribution in [1.29, 1.82) is 0 Å². The van der Waals surface area contributed by atoms with Crippen LogP contribution in [0, 0.1) is 13.8 Å². The van der Waals surface area contributed by atoms with Crippen molar-refractivity contribution < 1.29 is 5.11 Å². The summed E-state index contributed by atoms with van der Waals surface area (Å²) in [5, 5.41) is 13.4. The summed E-state index contributed by atoms with van der Waals surface area (Å²) >= 11 is 3.50. The molecule has 0 aliphatic carbocycles. The summed E-state index contributed by atoms with van der Waals surface area (Å²) in [6.45, 7) is 6.21. The Hall–Kier alpha value is -1.48. The fraction of sp³-hybridized carbons (Fsp3) is 0.250. The number of phenolic OH excluding ortho intramolecular Hbond substituents is 1. The zero-order valence-corrected chi connectivity index (χ0v) is 13.0. The van der Waals surface area contributed by atoms with Crippen LogP contribution >= 0.6 is 15.9 Å². The van der Waals surface area contributed by atoms with E-state index in [4.69, 9.17) is 0 Å². The quantitative estimate of drug-likeness (QED) is 0.839. The molecule has 2 aromatic rings. The van der Waals surface area contributed by atoms with Gasteiger partial charge in [-0.15, -0.1) is 0 Å². The smallest absolute Gasteiger partial charge is 0.120 e. The number of phenols is 1. The van der Waals surface area contributed by atoms with Crippen molar-refractivity contribution in [2.24, 2.45) is 0 Å². The number of aryl methyl sites for hydroxylation is 2. The zero-order valence-electron chi connectivity index (χ0n) is 11.4. The van der Waals surface area contributed by atoms with Gasteiger partial charge in [-0.1, -0.05) is 34.1 Å². The first-order valence-electron chi connectivity index (χ1n) is 6.30. The third-order valence-corrected chi connectivity index (χ3v) is 3.72. The summed E-state index contributed by atoms with van der Waals surface area (Å²) in [5.74, 6) is 0.329. The van der Waals surface area contributed by atoms with Crippen molar-refractivity contribution >= 4 is 21.6 Å². The van der Waals surface area contributed by atoms with Crippen molar-refractivity contribution in [3.63, 3.8) is 0 Å². The highest BCUT2D eigenvalue weighted by Gasteiger charge is 2.12. The standard InChI is InChI=1S/C16H18BrNO/c1-10-8-13(17)9-11(2)16(10)18-12(3)14-6-4-5-7-15(14)19/h4-9,12,18-19H,1-3H3. The number of para-hydroxylation sites is 1. The molecule has 2 rings (SSSR count). The summed E-state index contributed by atoms with van der Waals surface area (Å²) in [4.78, 5) is 0. The molecule has 19 heavy (non-hydrogen) atoms. The Morgan fingerprint density at radius 2 is 1.68 bits per heavy atom. The molecule has 0 saturated heterocycles. The van der Waals surface area contributed by atoms with E-state index in [1.807, 2.05) is 18.2 Å². The van der Waals surface area contributed by atoms with Crippen LogP contribution in [0.4, 0.5) is 5.69 Å². The van der Waals surface area contributed by atoms with Gasteiger partial charge >= 0.3 is 0 Å². The number of halogens is 1. The van der Waals surface area contributed by atoms with Gasteiger partial charge in [0.1, 0.15) is 5.75 Å². The Morgan fingerprint density at radius 3 is 2.26 bits per heavy atom. The Kier molecular flexibility index (Phi) is 4.15. The van der Waals surface area contributed by atoms with Crippen molar-refractivity contribution in [3.8, 4) is 5.75 Å². The predicted molar refractivity (Wildman–Crippen MR) is 83.8 cm³/mol. The van der Waals surface area contributed by atoms with E-state index in [-0.39, 0.29) is 6.04 Å². The van der Waals surface area contributed by atoms with E-state index in [0.29, 0.717) is 5.75 Å². The summed E-state index contributed by atoms with van der Waals surface area (Å²) < 4.78 is 1.09. The number of benzene rings is 2. The molecule has 2 nitrogen and oxygen atoms in total. The molecule has 2 aromatic carbocycles. The Morgan fingerprint density at radius 1 is 1.11 bits per heavy atom. The molecule has 3 heteroatoms. The minimum atomic E-state index is 0.0553. The monoisotopic (exact) mass is 319 g/mol. The molecule has 0 saturated carbocycles. The highest BCUT2D eigenvalue weighted by molar-refractivity contribution is 9.10. The highest BCUT2D eigenvalue weighted by Crippen LogP contribution is 2.31. The second kappa shape index (κ2) is 5.66. The number of anilines is 1. The third kappa shape index (κ3) is 3.10. The van der Waals surface area contributed by atoms with Gasteiger partial charge in [-0.2, -0.15) is 0 Å². The van der Waals surface area contributed by atoms with E-state index in [0.717, 1.165) is 15.7 Å². The van der Waals surface area contributed by atoms with Crippen LogP contribution in [0.2, 0.25) is 0 Å². The maximum atomic E-state index is 9.89. The van der Waals surface area contributed by atoms with Crippen molar-refractivity contribution in [2.45, 2.75) is 26.8 Å². The van der Waals surface area contributed by atoms with Gasteiger partial charge < -0.3 is 10.4 Å². The lowest BCUT2D eigenvalue weighted by atomic mass is 10.0. The summed E-state index contributed by atoms with van der Waals surface area (Å²) in [6, 6.07) is 11.7. The van der Waals surface area contributed by atoms with Crippen LogP contribution in [-0.4, -0.2) is 5.11 Å². The maximum absolute atomic E-state index is 9.89. The molecule has 1 unspecified atom stereocenters. The van der Waals surface area contributed by atoms with Gasteiger partial charge in [0.2, 0.25) is 0 Å². The molecular formula is C16H18BrNO. The lowest BCUT2D eigenvalue weighted by Gasteiger charge is -2.20. The molecule has 1 atom stereocenters. The topological polar surface area (TPSA) is 32.3 Å². The molecule has 0 heterocycles. The summed E-state index contributed by atoms with van der Waals surface area (Å²) in [5.41, 5.74) is 4.41. The molecule has 100 valence electrons. The van der Waals surface area contributed by atoms with Crippen LogP contribution in [-0.2, 0) is 0 Å². The minimum absolute atomic E-state index is 0.0553. The number of rotatable bonds is 3. The third-order valence-electron chi connectivity index (χ3n) is 3.26. The number of hydrogen-bond acceptors (Lipinski definition) is 2. The fourth-order valence-electron chi connectivity index (χ4n) is 2.29. The lowest BCUT2D eigenvalue weighted by molar-refractivity contribution is 0.465. The molecule has 0 aliphatic rings. The maximum Gasteiger partial charge on any atom is 0.120 e. The summed E-state index contributed by atoms with van der Waals surface area (Å²) in [7, 11) is 0. The molecular weight excluding hydrogens is 302 g/mol. The van der Waals surface area contributed by atoms with Gasteiger partial charge in [0.25, 0.3) is 0 Å². The SMILES string of the molecule is Cc1cc(Br)cc(C)c1NC(C)c1ccccc1O. The largest absolute Gasteiger partial charge is 0.508 e. The second-order valence-electron chi connectivity index (χ2n) is 4.84. The van der Waals surface area contributed by atoms with E-state index < -0.39 is 0 Å². The van der Waals surface area contributed by atoms with Gasteiger partial charge in [-0.25, -0.2) is 0 Å². The molecule has 0 spiro atoms. The van der Waals surface area contributed by atoms with Crippen LogP contribution < -0.4 is 5.32 Å². The average molecular weight is 320 g/mol. The van der Waals surface area contributed by atoms with Crippen LogP contribution in [0.25, 0.3) is 0 Å². The first-order valence-corrected chi connectivity index (χ1v) is 7.09. The molecule has 0 bridgehead atoms. The normalized spacial score (nSPS) is 12.2. The Balaban J connectivity index is 2.29. The van der Waals surface area contributed by atoms with E-state index in [1.54, 1.807) is 6.07 Å². The number of aromatic hydroxyl groups is 1. The summed E-state index contributed by atoms with van der Waals surface area (Å²) in [6.07, 6.45) is 0. The van der Waals surface area contributed by atoms with E-state index in [9.17, 15) is 5.11 Å². The van der Waals surface area contributed by atoms with Crippen molar-refractivity contribution in [1.82, 2.24) is 0 Å². The van der Waals surface area contributed by atoms with E-state index in [1.165, 1.54) is 11.1 Å². The van der Waals surface area contributed by atoms with Gasteiger partial charge in [-0.3, -0.25) is 0 Å². The first kappa shape index (κ1) is 13.9.